The van der Waals surface area contributed by atoms with Crippen molar-refractivity contribution in [3.8, 4) is 11.5 Å². The van der Waals surface area contributed by atoms with Gasteiger partial charge < -0.3 is 49.4 Å². The third-order valence-electron chi connectivity index (χ3n) is 14.9. The molecule has 2 fully saturated rings. The van der Waals surface area contributed by atoms with Crippen molar-refractivity contribution in [2.75, 3.05) is 46.0 Å². The zero-order valence-electron chi connectivity index (χ0n) is 49.3. The first kappa shape index (κ1) is 76.8. The van der Waals surface area contributed by atoms with E-state index in [0.29, 0.717) is 32.4 Å². The number of Topliss-reactive ketones (excluding diaryl/α,β-unsaturated/α-hetero) is 2. The number of hydrogen-bond donors (Lipinski definition) is 4. The second-order valence-electron chi connectivity index (χ2n) is 20.9. The maximum Gasteiger partial charge on any atom is 0.378 e. The second-order valence-corrected chi connectivity index (χ2v) is 51.6. The Hall–Kier alpha value is -3.91. The third-order valence-corrected chi connectivity index (χ3v) is 59.1. The molecule has 2 saturated carbocycles. The van der Waals surface area contributed by atoms with E-state index >= 15 is 0 Å². The second kappa shape index (κ2) is 36.7. The molecule has 6 unspecified atom stereocenters. The molecule has 0 bridgehead atoms. The molecule has 0 saturated heterocycles. The van der Waals surface area contributed by atoms with E-state index in [1.165, 1.54) is 18.3 Å². The molecule has 3 aliphatic rings. The van der Waals surface area contributed by atoms with E-state index < -0.39 is 68.7 Å². The maximum absolute atomic E-state index is 14.1. The van der Waals surface area contributed by atoms with E-state index in [4.69, 9.17) is 29.5 Å². The van der Waals surface area contributed by atoms with Crippen LogP contribution in [-0.4, -0.2) is 94.7 Å². The van der Waals surface area contributed by atoms with Crippen molar-refractivity contribution in [1.29, 1.82) is 0 Å². The zero-order chi connectivity index (χ0) is 65.2. The molecule has 1 spiro atoms. The van der Waals surface area contributed by atoms with Gasteiger partial charge in [-0.25, -0.2) is 22.4 Å². The zero-order valence-corrected chi connectivity index (χ0v) is 58.8. The monoisotopic (exact) mass is 1410 g/mol. The fourth-order valence-corrected chi connectivity index (χ4v) is 70.8. The molecule has 0 radical (unpaired) electrons. The number of carbonyl (C=O) groups is 4. The number of halogens is 4. The van der Waals surface area contributed by atoms with Crippen LogP contribution in [0.3, 0.4) is 0 Å². The van der Waals surface area contributed by atoms with Gasteiger partial charge in [-0.05, 0) is 101 Å². The van der Waals surface area contributed by atoms with Crippen LogP contribution in [0.25, 0.3) is 0 Å². The molecule has 2 aliphatic carbocycles. The summed E-state index contributed by atoms with van der Waals surface area (Å²) in [5.74, 6) is -6.36. The number of nitrogens with one attached hydrogen (secondary N) is 1. The summed E-state index contributed by atoms with van der Waals surface area (Å²) in [6.07, 6.45) is 3.31. The number of aliphatic hydroxyl groups is 2. The quantitative estimate of drug-likeness (QED) is 0.0181. The molecule has 4 aromatic carbocycles. The summed E-state index contributed by atoms with van der Waals surface area (Å²) >= 11 is 0. The van der Waals surface area contributed by atoms with Gasteiger partial charge in [-0.15, -0.1) is 44.6 Å². The van der Waals surface area contributed by atoms with Crippen molar-refractivity contribution >= 4 is 97.0 Å². The highest BCUT2D eigenvalue weighted by atomic mass is 33.2. The van der Waals surface area contributed by atoms with Crippen LogP contribution in [-0.2, 0) is 36.3 Å². The third kappa shape index (κ3) is 20.5. The van der Waals surface area contributed by atoms with Crippen LogP contribution >= 0.6 is 73.6 Å². The van der Waals surface area contributed by atoms with Gasteiger partial charge in [-0.3, -0.25) is 24.0 Å². The number of nitrogens with zero attached hydrogens (tertiary/aromatic N) is 2. The highest BCUT2D eigenvalue weighted by Gasteiger charge is 2.60. The SMILES string of the molecule is C.CCN1C[C@@]2(C[C@@H]2CO)n2cc(C(=O)CCc3ccc(F)cc3F)c(=O)c(OCc3ccccc3)c2C1=O.CCNC[C@]1(N)C[C@@H]1CO.CCOC(=O)c1occ(C(=O)CCc2ccc(F)cc2F)c(=O)c1OCc1ccccc1.PPP(P(P)P)P(P)P. The molecule has 90 heavy (non-hydrogen) atoms. The molecule has 2 aromatic heterocycles. The van der Waals surface area contributed by atoms with Crippen LogP contribution < -0.4 is 31.4 Å². The number of aromatic nitrogens is 1. The first-order chi connectivity index (χ1) is 42.5. The van der Waals surface area contributed by atoms with Crippen LogP contribution in [0.2, 0.25) is 0 Å². The van der Waals surface area contributed by atoms with Gasteiger partial charge in [0.2, 0.25) is 16.6 Å². The van der Waals surface area contributed by atoms with E-state index in [1.54, 1.807) is 40.7 Å². The van der Waals surface area contributed by atoms with Crippen LogP contribution in [0.15, 0.2) is 124 Å². The molecule has 29 heteroatoms. The van der Waals surface area contributed by atoms with Crippen molar-refractivity contribution in [3.05, 3.63) is 198 Å². The van der Waals surface area contributed by atoms with E-state index in [-0.39, 0.29) is 131 Å². The Labute approximate surface area is 538 Å². The number of esters is 1. The average Bonchev–Trinajstić information content (AvgIpc) is 1.50. The van der Waals surface area contributed by atoms with Gasteiger partial charge in [0.15, 0.2) is 23.0 Å². The molecule has 3 heterocycles. The van der Waals surface area contributed by atoms with Crippen LogP contribution in [0.4, 0.5) is 17.6 Å². The lowest BCUT2D eigenvalue weighted by atomic mass is 10.00. The number of fused-ring (bicyclic) bond motifs is 2. The largest absolute Gasteiger partial charge is 0.483 e. The Morgan fingerprint density at radius 3 is 1.69 bits per heavy atom. The number of aliphatic hydroxyl groups excluding tert-OH is 2. The van der Waals surface area contributed by atoms with E-state index in [0.717, 1.165) is 69.1 Å². The van der Waals surface area contributed by atoms with Gasteiger partial charge in [0.25, 0.3) is 11.7 Å². The smallest absolute Gasteiger partial charge is 0.378 e. The van der Waals surface area contributed by atoms with Gasteiger partial charge >= 0.3 is 5.97 Å². The van der Waals surface area contributed by atoms with E-state index in [2.05, 4.69) is 56.9 Å². The first-order valence-corrected chi connectivity index (χ1v) is 43.8. The molecule has 6 aromatic rings. The standard InChI is InChI=1S/C29H28F2N2O5.C24H20F2O6.C7H16N2O.CH4.H11P9/c1-2-32-17-29(13-20(29)15-34)33-14-22(24(35)11-9-19-8-10-21(30)12-23(19)31)26(36)27(25(33)28(32)37)38-16-18-6-4-3-5-7-18;1-2-30-24(29)23-22(31-13-15-6-4-3-5-7-15)21(28)18(14-32-23)20(27)11-9-16-8-10-17(25)12-19(16)26;1-2-9-5-7(8)3-6(7)4-10;;1-6-9(7(2)3)8(4)5/h3-8,10,12,14,20,34H,2,9,11,13,15-17H2,1H3;3-8,10,12,14H,2,9,11,13H2,1H3;6,9-10H,2-5,8H2,1H3;1H4;6H,1-5H2/t20-,29-;;6-,7-;;/m1.1../s1. The molecular weight excluding hydrogens is 1340 g/mol. The highest BCUT2D eigenvalue weighted by Crippen LogP contribution is 3.04. The van der Waals surface area contributed by atoms with Crippen LogP contribution in [0.1, 0.15) is 118 Å². The molecule has 1 amide bonds. The molecule has 1 aliphatic heterocycles. The number of benzene rings is 4. The first-order valence-electron chi connectivity index (χ1n) is 28.3. The highest BCUT2D eigenvalue weighted by molar-refractivity contribution is 9.10. The summed E-state index contributed by atoms with van der Waals surface area (Å²) < 4.78 is 77.6. The Balaban J connectivity index is 0.000000253. The Bertz CT molecular complexity index is 3520. The fourth-order valence-electron chi connectivity index (χ4n) is 9.71. The van der Waals surface area contributed by atoms with E-state index in [1.807, 2.05) is 43.3 Å². The number of ether oxygens (including phenoxy) is 3. The molecule has 16 nitrogen and oxygen atoms in total. The van der Waals surface area contributed by atoms with E-state index in [9.17, 15) is 51.4 Å². The number of amides is 1. The van der Waals surface area contributed by atoms with Crippen LogP contribution in [0, 0.1) is 35.1 Å². The molecule has 10 atom stereocenters. The number of pyridine rings is 1. The fraction of sp³-hybridized carbons (Fsp3) is 0.377. The maximum atomic E-state index is 14.1. The molecule has 488 valence electrons. The van der Waals surface area contributed by atoms with Crippen molar-refractivity contribution in [3.63, 3.8) is 0 Å². The van der Waals surface area contributed by atoms with Gasteiger partial charge in [0.05, 0.1) is 17.7 Å². The van der Waals surface area contributed by atoms with Gasteiger partial charge in [0, 0.05) is 81.4 Å². The number of likely N-dealkylation sites (N-methyl/N-ethyl adjacent to an activating group) is 2. The predicted molar refractivity (Wildman–Crippen MR) is 371 cm³/mol. The Morgan fingerprint density at radius 2 is 1.26 bits per heavy atom. The topological polar surface area (TPSA) is 230 Å². The molecule has 9 rings (SSSR count). The lowest BCUT2D eigenvalue weighted by molar-refractivity contribution is 0.0476. The van der Waals surface area contributed by atoms with Gasteiger partial charge in [-0.1, -0.05) is 95.1 Å². The number of carbonyl (C=O) groups excluding carboxylic acids is 4. The lowest BCUT2D eigenvalue weighted by Crippen LogP contribution is -2.50. The number of ketones is 2. The van der Waals surface area contributed by atoms with Crippen molar-refractivity contribution in [2.24, 2.45) is 17.6 Å². The van der Waals surface area contributed by atoms with Crippen molar-refractivity contribution < 1.29 is 65.6 Å². The summed E-state index contributed by atoms with van der Waals surface area (Å²) in [6.45, 7) is 8.82. The van der Waals surface area contributed by atoms with Gasteiger partial charge in [0.1, 0.15) is 48.3 Å². The summed E-state index contributed by atoms with van der Waals surface area (Å²) in [5.41, 5.74) is 4.93. The number of hydrogen-bond acceptors (Lipinski definition) is 14. The minimum Gasteiger partial charge on any atom is -0.483 e. The lowest BCUT2D eigenvalue weighted by Gasteiger charge is -2.37. The minimum absolute atomic E-state index is 0. The number of rotatable bonds is 25. The normalized spacial score (nSPS) is 17.8. The predicted octanol–water partition coefficient (Wildman–Crippen LogP) is 12.9. The number of aryl methyl sites for hydroxylation is 2. The summed E-state index contributed by atoms with van der Waals surface area (Å²) in [4.78, 5) is 79.8. The Kier molecular flexibility index (Phi) is 31.3. The van der Waals surface area contributed by atoms with Crippen molar-refractivity contribution in [1.82, 2.24) is 14.8 Å². The summed E-state index contributed by atoms with van der Waals surface area (Å²) in [6, 6.07) is 24.2. The van der Waals surface area contributed by atoms with Gasteiger partial charge in [-0.2, -0.15) is 0 Å². The van der Waals surface area contributed by atoms with Crippen LogP contribution in [0.5, 0.6) is 11.5 Å². The summed E-state index contributed by atoms with van der Waals surface area (Å²) in [7, 11) is 15.6. The van der Waals surface area contributed by atoms with Crippen molar-refractivity contribution in [2.45, 2.75) is 91.0 Å². The minimum atomic E-state index is -0.903. The molecule has 5 N–H and O–H groups in total. The summed E-state index contributed by atoms with van der Waals surface area (Å²) in [5, 5.41) is 21.9. The molecular formula is C61H79F4N4O12P9. The number of nitrogens with two attached hydrogens (primary N) is 1. The Morgan fingerprint density at radius 1 is 0.744 bits per heavy atom. The average molecular weight is 1420 g/mol.